The van der Waals surface area contributed by atoms with E-state index in [-0.39, 0.29) is 0 Å². The summed E-state index contributed by atoms with van der Waals surface area (Å²) < 4.78 is 10.8. The predicted molar refractivity (Wildman–Crippen MR) is 72.5 cm³/mol. The fraction of sp³-hybridized carbons (Fsp3) is 0.333. The van der Waals surface area contributed by atoms with Crippen molar-refractivity contribution in [3.63, 3.8) is 0 Å². The molecule has 3 nitrogen and oxygen atoms in total. The van der Waals surface area contributed by atoms with Crippen LogP contribution in [0.2, 0.25) is 0 Å². The van der Waals surface area contributed by atoms with Crippen molar-refractivity contribution in [2.45, 2.75) is 13.5 Å². The lowest BCUT2D eigenvalue weighted by Crippen LogP contribution is -2.18. The van der Waals surface area contributed by atoms with Gasteiger partial charge in [-0.25, -0.2) is 0 Å². The van der Waals surface area contributed by atoms with E-state index < -0.39 is 0 Å². The van der Waals surface area contributed by atoms with Crippen LogP contribution in [0.1, 0.15) is 11.3 Å². The number of rotatable bonds is 6. The Morgan fingerprint density at radius 2 is 1.89 bits per heavy atom. The van der Waals surface area contributed by atoms with Crippen molar-refractivity contribution in [2.24, 2.45) is 0 Å². The van der Waals surface area contributed by atoms with E-state index in [0.717, 1.165) is 30.2 Å². The largest absolute Gasteiger partial charge is 0.460 e. The minimum atomic E-state index is 0.714. The van der Waals surface area contributed by atoms with Gasteiger partial charge in [0.2, 0.25) is 0 Å². The Morgan fingerprint density at radius 1 is 1.11 bits per heavy atom. The average Bonchev–Trinajstić information content (AvgIpc) is 2.84. The minimum Gasteiger partial charge on any atom is -0.460 e. The standard InChI is InChI=1S/C15H19NO2/c1-12-3-5-13(6-4-12)15-8-7-14(18-15)11-16-9-10-17-2/h3-8,16H,9-11H2,1-2H3. The molecule has 1 aromatic heterocycles. The number of furan rings is 1. The Balaban J connectivity index is 1.95. The van der Waals surface area contributed by atoms with E-state index in [0.29, 0.717) is 6.61 Å². The summed E-state index contributed by atoms with van der Waals surface area (Å²) in [6.45, 7) is 4.36. The first kappa shape index (κ1) is 12.9. The van der Waals surface area contributed by atoms with Gasteiger partial charge in [0, 0.05) is 19.2 Å². The van der Waals surface area contributed by atoms with Crippen LogP contribution in [0.3, 0.4) is 0 Å². The maximum atomic E-state index is 5.79. The normalized spacial score (nSPS) is 10.8. The van der Waals surface area contributed by atoms with Gasteiger partial charge < -0.3 is 14.5 Å². The predicted octanol–water partition coefficient (Wildman–Crippen LogP) is 2.99. The Bertz CT molecular complexity index is 473. The zero-order valence-corrected chi connectivity index (χ0v) is 10.9. The van der Waals surface area contributed by atoms with E-state index in [9.17, 15) is 0 Å². The molecule has 0 saturated carbocycles. The van der Waals surface area contributed by atoms with Gasteiger partial charge in [-0.2, -0.15) is 0 Å². The molecule has 0 aliphatic rings. The second-order valence-corrected chi connectivity index (χ2v) is 4.30. The Hall–Kier alpha value is -1.58. The number of methoxy groups -OCH3 is 1. The van der Waals surface area contributed by atoms with Crippen LogP contribution in [0.4, 0.5) is 0 Å². The lowest BCUT2D eigenvalue weighted by Gasteiger charge is -2.01. The van der Waals surface area contributed by atoms with Crippen molar-refractivity contribution in [1.82, 2.24) is 5.32 Å². The molecule has 0 bridgehead atoms. The smallest absolute Gasteiger partial charge is 0.134 e. The number of aryl methyl sites for hydroxylation is 1. The van der Waals surface area contributed by atoms with Crippen LogP contribution in [0.25, 0.3) is 11.3 Å². The summed E-state index contributed by atoms with van der Waals surface area (Å²) in [7, 11) is 1.70. The third-order valence-electron chi connectivity index (χ3n) is 2.78. The van der Waals surface area contributed by atoms with E-state index in [2.05, 4.69) is 36.5 Å². The third kappa shape index (κ3) is 3.45. The molecular formula is C15H19NO2. The maximum absolute atomic E-state index is 5.79. The molecule has 0 aliphatic heterocycles. The van der Waals surface area contributed by atoms with E-state index >= 15 is 0 Å². The molecule has 1 N–H and O–H groups in total. The molecule has 0 unspecified atom stereocenters. The second kappa shape index (κ2) is 6.38. The quantitative estimate of drug-likeness (QED) is 0.794. The van der Waals surface area contributed by atoms with Gasteiger partial charge in [0.1, 0.15) is 11.5 Å². The van der Waals surface area contributed by atoms with Crippen LogP contribution in [0.15, 0.2) is 40.8 Å². The van der Waals surface area contributed by atoms with Crippen molar-refractivity contribution in [3.05, 3.63) is 47.7 Å². The van der Waals surface area contributed by atoms with Crippen LogP contribution >= 0.6 is 0 Å². The van der Waals surface area contributed by atoms with Crippen molar-refractivity contribution >= 4 is 0 Å². The molecule has 0 radical (unpaired) electrons. The van der Waals surface area contributed by atoms with Crippen molar-refractivity contribution in [3.8, 4) is 11.3 Å². The summed E-state index contributed by atoms with van der Waals surface area (Å²) >= 11 is 0. The summed E-state index contributed by atoms with van der Waals surface area (Å²) in [6.07, 6.45) is 0. The summed E-state index contributed by atoms with van der Waals surface area (Å²) in [5.74, 6) is 1.86. The number of nitrogens with one attached hydrogen (secondary N) is 1. The summed E-state index contributed by atoms with van der Waals surface area (Å²) in [6, 6.07) is 12.4. The molecule has 18 heavy (non-hydrogen) atoms. The zero-order valence-electron chi connectivity index (χ0n) is 10.9. The van der Waals surface area contributed by atoms with Gasteiger partial charge in [0.25, 0.3) is 0 Å². The summed E-state index contributed by atoms with van der Waals surface area (Å²) in [5, 5.41) is 3.26. The van der Waals surface area contributed by atoms with Gasteiger partial charge in [-0.1, -0.05) is 29.8 Å². The van der Waals surface area contributed by atoms with Gasteiger partial charge >= 0.3 is 0 Å². The fourth-order valence-electron chi connectivity index (χ4n) is 1.73. The fourth-order valence-corrected chi connectivity index (χ4v) is 1.73. The van der Waals surface area contributed by atoms with Crippen molar-refractivity contribution < 1.29 is 9.15 Å². The summed E-state index contributed by atoms with van der Waals surface area (Å²) in [4.78, 5) is 0. The molecule has 96 valence electrons. The van der Waals surface area contributed by atoms with Gasteiger partial charge in [-0.15, -0.1) is 0 Å². The molecule has 3 heteroatoms. The molecule has 0 aliphatic carbocycles. The monoisotopic (exact) mass is 245 g/mol. The molecule has 0 atom stereocenters. The molecular weight excluding hydrogens is 226 g/mol. The Kier molecular flexibility index (Phi) is 4.56. The Labute approximate surface area is 108 Å². The van der Waals surface area contributed by atoms with Gasteiger partial charge in [-0.3, -0.25) is 0 Å². The first-order chi connectivity index (χ1) is 8.79. The molecule has 2 aromatic rings. The molecule has 1 aromatic carbocycles. The zero-order chi connectivity index (χ0) is 12.8. The molecule has 1 heterocycles. The van der Waals surface area contributed by atoms with Crippen LogP contribution in [-0.2, 0) is 11.3 Å². The Morgan fingerprint density at radius 3 is 2.61 bits per heavy atom. The van der Waals surface area contributed by atoms with E-state index in [1.165, 1.54) is 5.56 Å². The molecule has 0 saturated heterocycles. The highest BCUT2D eigenvalue weighted by Crippen LogP contribution is 2.22. The lowest BCUT2D eigenvalue weighted by molar-refractivity contribution is 0.198. The highest BCUT2D eigenvalue weighted by Gasteiger charge is 2.04. The van der Waals surface area contributed by atoms with Gasteiger partial charge in [0.05, 0.1) is 13.2 Å². The SMILES string of the molecule is COCCNCc1ccc(-c2ccc(C)cc2)o1. The first-order valence-electron chi connectivity index (χ1n) is 6.15. The highest BCUT2D eigenvalue weighted by atomic mass is 16.5. The molecule has 0 fully saturated rings. The number of benzene rings is 1. The molecule has 0 amide bonds. The molecule has 2 rings (SSSR count). The molecule has 0 spiro atoms. The first-order valence-corrected chi connectivity index (χ1v) is 6.15. The van der Waals surface area contributed by atoms with Crippen LogP contribution in [0, 0.1) is 6.92 Å². The summed E-state index contributed by atoms with van der Waals surface area (Å²) in [5.41, 5.74) is 2.37. The van der Waals surface area contributed by atoms with E-state index in [4.69, 9.17) is 9.15 Å². The second-order valence-electron chi connectivity index (χ2n) is 4.30. The topological polar surface area (TPSA) is 34.4 Å². The highest BCUT2D eigenvalue weighted by molar-refractivity contribution is 5.57. The number of hydrogen-bond donors (Lipinski definition) is 1. The van der Waals surface area contributed by atoms with Gasteiger partial charge in [0.15, 0.2) is 0 Å². The van der Waals surface area contributed by atoms with Crippen LogP contribution in [-0.4, -0.2) is 20.3 Å². The average molecular weight is 245 g/mol. The maximum Gasteiger partial charge on any atom is 0.134 e. The minimum absolute atomic E-state index is 0.714. The van der Waals surface area contributed by atoms with E-state index in [1.54, 1.807) is 7.11 Å². The van der Waals surface area contributed by atoms with Crippen LogP contribution in [0.5, 0.6) is 0 Å². The number of ether oxygens (including phenoxy) is 1. The lowest BCUT2D eigenvalue weighted by atomic mass is 10.1. The van der Waals surface area contributed by atoms with E-state index in [1.807, 2.05) is 12.1 Å². The number of hydrogen-bond acceptors (Lipinski definition) is 3. The van der Waals surface area contributed by atoms with Gasteiger partial charge in [-0.05, 0) is 19.1 Å². The third-order valence-corrected chi connectivity index (χ3v) is 2.78. The van der Waals surface area contributed by atoms with Crippen molar-refractivity contribution in [2.75, 3.05) is 20.3 Å². The van der Waals surface area contributed by atoms with Crippen LogP contribution < -0.4 is 5.32 Å². The van der Waals surface area contributed by atoms with Crippen molar-refractivity contribution in [1.29, 1.82) is 0 Å².